The number of hydrogen-bond acceptors (Lipinski definition) is 3. The van der Waals surface area contributed by atoms with Crippen LogP contribution >= 0.6 is 0 Å². The zero-order chi connectivity index (χ0) is 18.0. The summed E-state index contributed by atoms with van der Waals surface area (Å²) in [6.45, 7) is 10.8. The summed E-state index contributed by atoms with van der Waals surface area (Å²) in [5.74, 6) is 1.15. The van der Waals surface area contributed by atoms with Gasteiger partial charge in [-0.1, -0.05) is 40.5 Å². The Kier molecular flexibility index (Phi) is 5.97. The minimum absolute atomic E-state index is 0.0356. The zero-order valence-corrected chi connectivity index (χ0v) is 16.4. The third-order valence-corrected chi connectivity index (χ3v) is 6.27. The third-order valence-electron chi connectivity index (χ3n) is 4.79. The van der Waals surface area contributed by atoms with Crippen molar-refractivity contribution < 1.29 is 13.2 Å². The van der Waals surface area contributed by atoms with E-state index in [0.29, 0.717) is 17.4 Å². The lowest BCUT2D eigenvalue weighted by Crippen LogP contribution is -2.41. The molecule has 0 saturated heterocycles. The molecule has 2 atom stereocenters. The van der Waals surface area contributed by atoms with Crippen LogP contribution in [0.4, 0.5) is 0 Å². The Morgan fingerprint density at radius 2 is 1.88 bits per heavy atom. The molecule has 0 aromatic heterocycles. The molecule has 4 nitrogen and oxygen atoms in total. The molecular formula is C19H31NO3S. The fraction of sp³-hybridized carbons (Fsp3) is 0.684. The van der Waals surface area contributed by atoms with Crippen molar-refractivity contribution >= 4 is 10.0 Å². The van der Waals surface area contributed by atoms with Crippen LogP contribution in [0.3, 0.4) is 0 Å². The summed E-state index contributed by atoms with van der Waals surface area (Å²) in [7, 11) is -3.51. The summed E-state index contributed by atoms with van der Waals surface area (Å²) in [5, 5.41) is 0. The van der Waals surface area contributed by atoms with Crippen LogP contribution in [0.2, 0.25) is 0 Å². The van der Waals surface area contributed by atoms with Gasteiger partial charge in [-0.15, -0.1) is 0 Å². The molecule has 24 heavy (non-hydrogen) atoms. The Hall–Kier alpha value is -1.07. The number of ether oxygens (including phenoxy) is 1. The van der Waals surface area contributed by atoms with Gasteiger partial charge < -0.3 is 4.74 Å². The Morgan fingerprint density at radius 3 is 2.46 bits per heavy atom. The van der Waals surface area contributed by atoms with Gasteiger partial charge in [0.25, 0.3) is 0 Å². The van der Waals surface area contributed by atoms with Crippen molar-refractivity contribution in [3.63, 3.8) is 0 Å². The normalized spacial score (nSPS) is 22.4. The molecular weight excluding hydrogens is 322 g/mol. The first kappa shape index (κ1) is 19.3. The van der Waals surface area contributed by atoms with Crippen LogP contribution < -0.4 is 9.46 Å². The maximum atomic E-state index is 12.8. The average molecular weight is 354 g/mol. The van der Waals surface area contributed by atoms with Gasteiger partial charge in [-0.2, -0.15) is 0 Å². The van der Waals surface area contributed by atoms with Gasteiger partial charge in [-0.3, -0.25) is 0 Å². The van der Waals surface area contributed by atoms with Crippen LogP contribution in [0.1, 0.15) is 65.9 Å². The van der Waals surface area contributed by atoms with Gasteiger partial charge in [-0.05, 0) is 49.3 Å². The van der Waals surface area contributed by atoms with Gasteiger partial charge in [0.2, 0.25) is 10.0 Å². The van der Waals surface area contributed by atoms with E-state index in [1.807, 2.05) is 6.92 Å². The van der Waals surface area contributed by atoms with Crippen molar-refractivity contribution in [2.45, 2.75) is 76.7 Å². The molecule has 0 amide bonds. The highest BCUT2D eigenvalue weighted by molar-refractivity contribution is 7.89. The van der Waals surface area contributed by atoms with E-state index in [2.05, 4.69) is 32.4 Å². The fourth-order valence-corrected chi connectivity index (χ4v) is 4.71. The van der Waals surface area contributed by atoms with Crippen molar-refractivity contribution in [2.75, 3.05) is 6.61 Å². The van der Waals surface area contributed by atoms with Crippen LogP contribution in [0, 0.1) is 5.92 Å². The zero-order valence-electron chi connectivity index (χ0n) is 15.6. The molecule has 1 fully saturated rings. The average Bonchev–Trinajstić information content (AvgIpc) is 2.49. The number of nitrogens with one attached hydrogen (secondary N) is 1. The molecule has 1 saturated carbocycles. The van der Waals surface area contributed by atoms with Crippen molar-refractivity contribution in [1.29, 1.82) is 0 Å². The number of rotatable bonds is 5. The molecule has 5 heteroatoms. The molecule has 1 aromatic rings. The summed E-state index contributed by atoms with van der Waals surface area (Å²) in [6.07, 6.45) is 4.29. The number of hydrogen-bond donors (Lipinski definition) is 1. The number of benzene rings is 1. The van der Waals surface area contributed by atoms with Crippen LogP contribution in [-0.2, 0) is 15.4 Å². The highest BCUT2D eigenvalue weighted by Crippen LogP contribution is 2.34. The van der Waals surface area contributed by atoms with Crippen LogP contribution in [-0.4, -0.2) is 21.1 Å². The molecule has 1 aliphatic carbocycles. The molecule has 0 heterocycles. The highest BCUT2D eigenvalue weighted by atomic mass is 32.2. The summed E-state index contributed by atoms with van der Waals surface area (Å²) in [5.41, 5.74) is 0.734. The summed E-state index contributed by atoms with van der Waals surface area (Å²) in [6, 6.07) is 5.23. The molecule has 1 aromatic carbocycles. The maximum Gasteiger partial charge on any atom is 0.240 e. The minimum atomic E-state index is -3.51. The van der Waals surface area contributed by atoms with E-state index < -0.39 is 10.0 Å². The van der Waals surface area contributed by atoms with Crippen molar-refractivity contribution in [1.82, 2.24) is 4.72 Å². The molecule has 2 rings (SSSR count). The lowest BCUT2D eigenvalue weighted by molar-refractivity contribution is 0.310. The highest BCUT2D eigenvalue weighted by Gasteiger charge is 2.28. The largest absolute Gasteiger partial charge is 0.494 e. The quantitative estimate of drug-likeness (QED) is 0.861. The lowest BCUT2D eigenvalue weighted by atomic mass is 9.86. The Labute approximate surface area is 147 Å². The minimum Gasteiger partial charge on any atom is -0.494 e. The van der Waals surface area contributed by atoms with Gasteiger partial charge in [0, 0.05) is 11.6 Å². The Balaban J connectivity index is 2.33. The van der Waals surface area contributed by atoms with Gasteiger partial charge in [-0.25, -0.2) is 13.1 Å². The van der Waals surface area contributed by atoms with Crippen LogP contribution in [0.25, 0.3) is 0 Å². The van der Waals surface area contributed by atoms with E-state index in [1.54, 1.807) is 18.2 Å². The van der Waals surface area contributed by atoms with Crippen LogP contribution in [0.15, 0.2) is 23.1 Å². The first-order valence-electron chi connectivity index (χ1n) is 8.95. The van der Waals surface area contributed by atoms with Gasteiger partial charge in [0.15, 0.2) is 0 Å². The van der Waals surface area contributed by atoms with Crippen LogP contribution in [0.5, 0.6) is 5.75 Å². The lowest BCUT2D eigenvalue weighted by Gasteiger charge is -2.29. The fourth-order valence-electron chi connectivity index (χ4n) is 3.30. The van der Waals surface area contributed by atoms with Gasteiger partial charge in [0.05, 0.1) is 11.5 Å². The molecule has 136 valence electrons. The molecule has 1 aliphatic rings. The van der Waals surface area contributed by atoms with Crippen molar-refractivity contribution in [2.24, 2.45) is 5.92 Å². The number of sulfonamides is 1. The second kappa shape index (κ2) is 7.44. The molecule has 0 spiro atoms. The molecule has 0 radical (unpaired) electrons. The van der Waals surface area contributed by atoms with E-state index in [1.165, 1.54) is 6.42 Å². The first-order valence-corrected chi connectivity index (χ1v) is 10.4. The van der Waals surface area contributed by atoms with E-state index in [0.717, 1.165) is 30.6 Å². The summed E-state index contributed by atoms with van der Waals surface area (Å²) < 4.78 is 34.3. The Bertz CT molecular complexity index is 662. The molecule has 1 N–H and O–H groups in total. The summed E-state index contributed by atoms with van der Waals surface area (Å²) in [4.78, 5) is 0.327. The standard InChI is InChI=1S/C19H31NO3S/c1-6-23-18-12-11-15(13-16(18)19(3,4)5)24(21,22)20-17-10-8-7-9-14(17)2/h11-14,17,20H,6-10H2,1-5H3. The summed E-state index contributed by atoms with van der Waals surface area (Å²) >= 11 is 0. The second-order valence-corrected chi connectivity index (χ2v) is 9.54. The predicted molar refractivity (Wildman–Crippen MR) is 98.1 cm³/mol. The van der Waals surface area contributed by atoms with E-state index in [-0.39, 0.29) is 11.5 Å². The maximum absolute atomic E-state index is 12.8. The van der Waals surface area contributed by atoms with E-state index in [4.69, 9.17) is 4.74 Å². The van der Waals surface area contributed by atoms with E-state index in [9.17, 15) is 8.42 Å². The topological polar surface area (TPSA) is 55.4 Å². The Morgan fingerprint density at radius 1 is 1.21 bits per heavy atom. The predicted octanol–water partition coefficient (Wildman–Crippen LogP) is 4.24. The van der Waals surface area contributed by atoms with E-state index >= 15 is 0 Å². The molecule has 0 aliphatic heterocycles. The van der Waals surface area contributed by atoms with Crippen molar-refractivity contribution in [3.8, 4) is 5.75 Å². The molecule has 2 unspecified atom stereocenters. The SMILES string of the molecule is CCOc1ccc(S(=O)(=O)NC2CCCCC2C)cc1C(C)(C)C. The van der Waals surface area contributed by atoms with Crippen molar-refractivity contribution in [3.05, 3.63) is 23.8 Å². The monoisotopic (exact) mass is 353 g/mol. The van der Waals surface area contributed by atoms with Gasteiger partial charge in [0.1, 0.15) is 5.75 Å². The first-order chi connectivity index (χ1) is 11.1. The van der Waals surface area contributed by atoms with Gasteiger partial charge >= 0.3 is 0 Å². The molecule has 0 bridgehead atoms. The second-order valence-electron chi connectivity index (χ2n) is 7.83. The third kappa shape index (κ3) is 4.51. The smallest absolute Gasteiger partial charge is 0.240 e.